The Balaban J connectivity index is 2.06. The predicted octanol–water partition coefficient (Wildman–Crippen LogP) is 4.40. The first kappa shape index (κ1) is 13.7. The van der Waals surface area contributed by atoms with Crippen molar-refractivity contribution in [3.8, 4) is 17.4 Å². The van der Waals surface area contributed by atoms with E-state index in [1.165, 1.54) is 0 Å². The van der Waals surface area contributed by atoms with Crippen molar-refractivity contribution in [3.63, 3.8) is 0 Å². The second kappa shape index (κ2) is 7.00. The minimum atomic E-state index is 0.376. The van der Waals surface area contributed by atoms with E-state index < -0.39 is 0 Å². The minimum absolute atomic E-state index is 0.376. The molecule has 0 aliphatic rings. The molecule has 2 rings (SSSR count). The lowest BCUT2D eigenvalue weighted by Gasteiger charge is -2.09. The van der Waals surface area contributed by atoms with Crippen molar-refractivity contribution < 1.29 is 9.47 Å². The Morgan fingerprint density at radius 2 is 1.84 bits per heavy atom. The molecule has 0 aliphatic carbocycles. The molecule has 4 heteroatoms. The number of nitrogens with zero attached hydrogens (tertiary/aromatic N) is 1. The van der Waals surface area contributed by atoms with Crippen molar-refractivity contribution in [2.45, 2.75) is 19.2 Å². The summed E-state index contributed by atoms with van der Waals surface area (Å²) >= 11 is 5.84. The third-order valence-corrected chi connectivity index (χ3v) is 2.79. The van der Waals surface area contributed by atoms with E-state index in [-0.39, 0.29) is 0 Å². The van der Waals surface area contributed by atoms with Crippen LogP contribution in [0.3, 0.4) is 0 Å². The van der Waals surface area contributed by atoms with E-state index in [4.69, 9.17) is 21.1 Å². The first-order valence-electron chi connectivity index (χ1n) is 6.24. The van der Waals surface area contributed by atoms with E-state index in [1.807, 2.05) is 36.4 Å². The molecular weight excluding hydrogens is 262 g/mol. The largest absolute Gasteiger partial charge is 0.494 e. The van der Waals surface area contributed by atoms with Crippen LogP contribution in [0.15, 0.2) is 42.6 Å². The molecule has 0 fully saturated rings. The van der Waals surface area contributed by atoms with Gasteiger partial charge in [0.05, 0.1) is 12.5 Å². The van der Waals surface area contributed by atoms with Crippen LogP contribution in [0, 0.1) is 0 Å². The Bertz CT molecular complexity index is 514. The van der Waals surface area contributed by atoms with Gasteiger partial charge in [-0.05, 0) is 36.8 Å². The fraction of sp³-hybridized carbons (Fsp3) is 0.267. The number of halogens is 1. The van der Waals surface area contributed by atoms with Gasteiger partial charge in [0.15, 0.2) is 0 Å². The van der Waals surface area contributed by atoms with Crippen LogP contribution in [-0.2, 0) is 5.88 Å². The van der Waals surface area contributed by atoms with Gasteiger partial charge in [-0.1, -0.05) is 13.0 Å². The normalized spacial score (nSPS) is 10.2. The van der Waals surface area contributed by atoms with Gasteiger partial charge in [-0.15, -0.1) is 11.6 Å². The molecule has 0 unspecified atom stereocenters. The number of hydrogen-bond donors (Lipinski definition) is 0. The zero-order valence-electron chi connectivity index (χ0n) is 10.8. The summed E-state index contributed by atoms with van der Waals surface area (Å²) in [5.41, 5.74) is 0.871. The van der Waals surface area contributed by atoms with Crippen molar-refractivity contribution in [3.05, 3.63) is 48.2 Å². The van der Waals surface area contributed by atoms with Gasteiger partial charge in [0.1, 0.15) is 11.5 Å². The number of pyridine rings is 1. The van der Waals surface area contributed by atoms with Crippen LogP contribution in [0.5, 0.6) is 17.4 Å². The number of alkyl halides is 1. The molecule has 2 aromatic rings. The molecule has 100 valence electrons. The quantitative estimate of drug-likeness (QED) is 0.733. The first-order valence-corrected chi connectivity index (χ1v) is 6.77. The highest BCUT2D eigenvalue weighted by Gasteiger charge is 2.05. The molecule has 0 spiro atoms. The molecule has 0 saturated heterocycles. The monoisotopic (exact) mass is 277 g/mol. The highest BCUT2D eigenvalue weighted by atomic mass is 35.5. The van der Waals surface area contributed by atoms with Crippen LogP contribution in [0.2, 0.25) is 0 Å². The summed E-state index contributed by atoms with van der Waals surface area (Å²) in [5.74, 6) is 2.47. The van der Waals surface area contributed by atoms with Gasteiger partial charge in [0.25, 0.3) is 0 Å². The summed E-state index contributed by atoms with van der Waals surface area (Å²) < 4.78 is 11.2. The van der Waals surface area contributed by atoms with Crippen LogP contribution in [0.25, 0.3) is 0 Å². The zero-order valence-corrected chi connectivity index (χ0v) is 11.6. The summed E-state index contributed by atoms with van der Waals surface area (Å²) in [4.78, 5) is 4.18. The summed E-state index contributed by atoms with van der Waals surface area (Å²) in [5, 5.41) is 0. The van der Waals surface area contributed by atoms with Crippen LogP contribution in [0.4, 0.5) is 0 Å². The van der Waals surface area contributed by atoms with Gasteiger partial charge in [0, 0.05) is 11.8 Å². The smallest absolute Gasteiger partial charge is 0.223 e. The summed E-state index contributed by atoms with van der Waals surface area (Å²) in [6.07, 6.45) is 2.68. The van der Waals surface area contributed by atoms with Crippen molar-refractivity contribution in [1.29, 1.82) is 0 Å². The zero-order chi connectivity index (χ0) is 13.5. The SMILES string of the molecule is CCCOc1ccc(Oc2ncccc2CCl)cc1. The van der Waals surface area contributed by atoms with Crippen LogP contribution >= 0.6 is 11.6 Å². The fourth-order valence-corrected chi connectivity index (χ4v) is 1.76. The molecule has 0 atom stereocenters. The van der Waals surface area contributed by atoms with Crippen LogP contribution < -0.4 is 9.47 Å². The van der Waals surface area contributed by atoms with Gasteiger partial charge in [-0.3, -0.25) is 0 Å². The molecular formula is C15H16ClNO2. The lowest BCUT2D eigenvalue weighted by molar-refractivity contribution is 0.317. The number of rotatable bonds is 6. The molecule has 3 nitrogen and oxygen atoms in total. The average molecular weight is 278 g/mol. The van der Waals surface area contributed by atoms with Crippen LogP contribution in [-0.4, -0.2) is 11.6 Å². The second-order valence-electron chi connectivity index (χ2n) is 4.02. The maximum Gasteiger partial charge on any atom is 0.223 e. The van der Waals surface area contributed by atoms with Gasteiger partial charge in [-0.2, -0.15) is 0 Å². The number of ether oxygens (including phenoxy) is 2. The van der Waals surface area contributed by atoms with Crippen molar-refractivity contribution in [1.82, 2.24) is 4.98 Å². The lowest BCUT2D eigenvalue weighted by Crippen LogP contribution is -1.95. The molecule has 1 heterocycles. The number of hydrogen-bond acceptors (Lipinski definition) is 3. The highest BCUT2D eigenvalue weighted by molar-refractivity contribution is 6.17. The Labute approximate surface area is 118 Å². The van der Waals surface area contributed by atoms with E-state index in [1.54, 1.807) is 6.20 Å². The lowest BCUT2D eigenvalue weighted by atomic mass is 10.3. The highest BCUT2D eigenvalue weighted by Crippen LogP contribution is 2.25. The molecule has 19 heavy (non-hydrogen) atoms. The molecule has 0 saturated carbocycles. The minimum Gasteiger partial charge on any atom is -0.494 e. The second-order valence-corrected chi connectivity index (χ2v) is 4.29. The molecule has 0 radical (unpaired) electrons. The van der Waals surface area contributed by atoms with Crippen molar-refractivity contribution in [2.75, 3.05) is 6.61 Å². The van der Waals surface area contributed by atoms with E-state index in [0.29, 0.717) is 17.5 Å². The molecule has 1 aromatic carbocycles. The standard InChI is InChI=1S/C15H16ClNO2/c1-2-10-18-13-5-7-14(8-6-13)19-15-12(11-16)4-3-9-17-15/h3-9H,2,10-11H2,1H3. The Kier molecular flexibility index (Phi) is 5.04. The molecule has 1 aromatic heterocycles. The van der Waals surface area contributed by atoms with Gasteiger partial charge >= 0.3 is 0 Å². The van der Waals surface area contributed by atoms with E-state index in [9.17, 15) is 0 Å². The molecule has 0 aliphatic heterocycles. The average Bonchev–Trinajstić information content (AvgIpc) is 2.47. The van der Waals surface area contributed by atoms with Crippen molar-refractivity contribution >= 4 is 11.6 Å². The van der Waals surface area contributed by atoms with Gasteiger partial charge in [-0.25, -0.2) is 4.98 Å². The van der Waals surface area contributed by atoms with E-state index >= 15 is 0 Å². The molecule has 0 amide bonds. The third kappa shape index (κ3) is 3.86. The van der Waals surface area contributed by atoms with E-state index in [0.717, 1.165) is 24.3 Å². The maximum atomic E-state index is 5.84. The summed E-state index contributed by atoms with van der Waals surface area (Å²) in [6, 6.07) is 11.2. The maximum absolute atomic E-state index is 5.84. The predicted molar refractivity (Wildman–Crippen MR) is 76.1 cm³/mol. The number of benzene rings is 1. The Morgan fingerprint density at radius 3 is 2.53 bits per heavy atom. The van der Waals surface area contributed by atoms with Gasteiger partial charge < -0.3 is 9.47 Å². The topological polar surface area (TPSA) is 31.4 Å². The molecule has 0 bridgehead atoms. The first-order chi connectivity index (χ1) is 9.33. The molecule has 0 N–H and O–H groups in total. The third-order valence-electron chi connectivity index (χ3n) is 2.51. The summed E-state index contributed by atoms with van der Waals surface area (Å²) in [6.45, 7) is 2.79. The van der Waals surface area contributed by atoms with Crippen LogP contribution in [0.1, 0.15) is 18.9 Å². The fourth-order valence-electron chi connectivity index (χ4n) is 1.55. The summed E-state index contributed by atoms with van der Waals surface area (Å²) in [7, 11) is 0. The Morgan fingerprint density at radius 1 is 1.11 bits per heavy atom. The Hall–Kier alpha value is -1.74. The van der Waals surface area contributed by atoms with E-state index in [2.05, 4.69) is 11.9 Å². The van der Waals surface area contributed by atoms with Crippen molar-refractivity contribution in [2.24, 2.45) is 0 Å². The van der Waals surface area contributed by atoms with Gasteiger partial charge in [0.2, 0.25) is 5.88 Å². The number of aromatic nitrogens is 1.